The molecule has 0 radical (unpaired) electrons. The number of hydrogen-bond acceptors (Lipinski definition) is 11. The molecule has 0 unspecified atom stereocenters. The molecule has 0 N–H and O–H groups in total. The molecule has 5 aromatic rings. The zero-order valence-electron chi connectivity index (χ0n) is 23.1. The van der Waals surface area contributed by atoms with E-state index >= 15 is 0 Å². The van der Waals surface area contributed by atoms with Crippen LogP contribution in [-0.4, -0.2) is 66.5 Å². The van der Waals surface area contributed by atoms with E-state index in [-0.39, 0.29) is 24.5 Å². The lowest BCUT2D eigenvalue weighted by Gasteiger charge is -2.19. The molecule has 12 nitrogen and oxygen atoms in total. The fourth-order valence-electron chi connectivity index (χ4n) is 5.10. The van der Waals surface area contributed by atoms with E-state index in [1.54, 1.807) is 42.9 Å². The molecule has 0 bridgehead atoms. The molecule has 0 spiro atoms. The number of carbonyl (C=O) groups is 2. The van der Waals surface area contributed by atoms with E-state index in [4.69, 9.17) is 28.4 Å². The molecule has 1 aliphatic rings. The Morgan fingerprint density at radius 1 is 1.00 bits per heavy atom. The molecule has 0 amide bonds. The highest BCUT2D eigenvalue weighted by molar-refractivity contribution is 6.14. The highest BCUT2D eigenvalue weighted by Crippen LogP contribution is 2.46. The van der Waals surface area contributed by atoms with E-state index in [0.717, 1.165) is 0 Å². The van der Waals surface area contributed by atoms with Gasteiger partial charge in [-0.15, -0.1) is 0 Å². The van der Waals surface area contributed by atoms with E-state index in [1.165, 1.54) is 27.7 Å². The summed E-state index contributed by atoms with van der Waals surface area (Å²) < 4.78 is 35.4. The quantitative estimate of drug-likeness (QED) is 0.134. The molecular weight excluding hydrogens is 544 g/mol. The monoisotopic (exact) mass is 570 g/mol. The lowest BCUT2D eigenvalue weighted by atomic mass is 9.89. The number of carbonyl (C=O) groups excluding carboxylic acids is 2. The van der Waals surface area contributed by atoms with Gasteiger partial charge in [0.15, 0.2) is 34.9 Å². The number of fused-ring (bicyclic) bond motifs is 3. The topological polar surface area (TPSA) is 133 Å². The number of ether oxygens (including phenoxy) is 6. The van der Waals surface area contributed by atoms with Crippen LogP contribution in [0.2, 0.25) is 0 Å². The predicted molar refractivity (Wildman–Crippen MR) is 151 cm³/mol. The van der Waals surface area contributed by atoms with Crippen molar-refractivity contribution < 1.29 is 38.0 Å². The zero-order valence-corrected chi connectivity index (χ0v) is 23.1. The Balaban J connectivity index is 1.41. The van der Waals surface area contributed by atoms with Crippen LogP contribution in [0.5, 0.6) is 28.7 Å². The van der Waals surface area contributed by atoms with Crippen molar-refractivity contribution in [2.24, 2.45) is 0 Å². The Morgan fingerprint density at radius 3 is 2.48 bits per heavy atom. The van der Waals surface area contributed by atoms with Crippen molar-refractivity contribution in [1.29, 1.82) is 0 Å². The van der Waals surface area contributed by atoms with Gasteiger partial charge in [0, 0.05) is 17.7 Å². The molecule has 42 heavy (non-hydrogen) atoms. The smallest absolute Gasteiger partial charge is 0.339 e. The molecule has 2 aromatic heterocycles. The summed E-state index contributed by atoms with van der Waals surface area (Å²) in [5, 5.41) is 1.33. The fraction of sp³-hybridized carbons (Fsp3) is 0.233. The number of benzene rings is 3. The van der Waals surface area contributed by atoms with E-state index in [0.29, 0.717) is 81.1 Å². The van der Waals surface area contributed by atoms with Crippen LogP contribution in [-0.2, 0) is 11.3 Å². The van der Waals surface area contributed by atoms with Crippen molar-refractivity contribution in [2.45, 2.75) is 13.0 Å². The first kappa shape index (κ1) is 26.8. The van der Waals surface area contributed by atoms with Gasteiger partial charge in [0.05, 0.1) is 46.0 Å². The molecule has 12 heteroatoms. The normalized spacial score (nSPS) is 12.0. The summed E-state index contributed by atoms with van der Waals surface area (Å²) in [4.78, 5) is 38.7. The summed E-state index contributed by atoms with van der Waals surface area (Å²) in [6.45, 7) is 0.677. The second-order valence-corrected chi connectivity index (χ2v) is 9.33. The van der Waals surface area contributed by atoms with Crippen LogP contribution in [0.3, 0.4) is 0 Å². The first-order valence-electron chi connectivity index (χ1n) is 13.0. The molecular formula is C30H26N4O8. The van der Waals surface area contributed by atoms with Crippen molar-refractivity contribution in [1.82, 2.24) is 19.5 Å². The first-order valence-corrected chi connectivity index (χ1v) is 13.0. The molecule has 214 valence electrons. The van der Waals surface area contributed by atoms with Crippen LogP contribution in [0.25, 0.3) is 33.1 Å². The molecule has 1 aliphatic heterocycles. The summed E-state index contributed by atoms with van der Waals surface area (Å²) in [6.07, 6.45) is 5.89. The zero-order chi connectivity index (χ0) is 29.2. The Labute approximate surface area is 239 Å². The number of rotatable bonds is 10. The van der Waals surface area contributed by atoms with Crippen LogP contribution in [0.15, 0.2) is 49.2 Å². The number of esters is 1. The van der Waals surface area contributed by atoms with Crippen LogP contribution in [0, 0.1) is 0 Å². The number of hydrogen-bond donors (Lipinski definition) is 0. The van der Waals surface area contributed by atoms with Gasteiger partial charge in [-0.2, -0.15) is 0 Å². The summed E-state index contributed by atoms with van der Waals surface area (Å²) in [7, 11) is 4.51. The molecule has 0 fully saturated rings. The van der Waals surface area contributed by atoms with Gasteiger partial charge in [0.1, 0.15) is 11.8 Å². The third-order valence-corrected chi connectivity index (χ3v) is 7.01. The minimum absolute atomic E-state index is 0.0683. The molecule has 0 aliphatic carbocycles. The number of aryl methyl sites for hydroxylation is 1. The molecule has 0 saturated carbocycles. The average molecular weight is 571 g/mol. The summed E-state index contributed by atoms with van der Waals surface area (Å²) in [5.74, 6) is 1.56. The second kappa shape index (κ2) is 11.2. The van der Waals surface area contributed by atoms with Crippen LogP contribution >= 0.6 is 0 Å². The number of aldehydes is 1. The van der Waals surface area contributed by atoms with E-state index < -0.39 is 5.97 Å². The van der Waals surface area contributed by atoms with Crippen molar-refractivity contribution >= 4 is 34.2 Å². The van der Waals surface area contributed by atoms with Crippen LogP contribution < -0.4 is 23.7 Å². The summed E-state index contributed by atoms with van der Waals surface area (Å²) in [5.41, 5.74) is 2.64. The van der Waals surface area contributed by atoms with Crippen molar-refractivity contribution in [3.8, 4) is 39.9 Å². The number of imidazole rings is 1. The lowest BCUT2D eigenvalue weighted by molar-refractivity contribution is 0.0495. The van der Waals surface area contributed by atoms with Crippen molar-refractivity contribution in [2.75, 3.05) is 34.7 Å². The summed E-state index contributed by atoms with van der Waals surface area (Å²) >= 11 is 0. The maximum absolute atomic E-state index is 13.7. The highest BCUT2D eigenvalue weighted by atomic mass is 16.7. The second-order valence-electron chi connectivity index (χ2n) is 9.33. The average Bonchev–Trinajstić information content (AvgIpc) is 3.66. The van der Waals surface area contributed by atoms with Gasteiger partial charge in [-0.1, -0.05) is 0 Å². The third-order valence-electron chi connectivity index (χ3n) is 7.01. The van der Waals surface area contributed by atoms with Gasteiger partial charge < -0.3 is 33.0 Å². The Morgan fingerprint density at radius 2 is 1.76 bits per heavy atom. The third kappa shape index (κ3) is 4.66. The van der Waals surface area contributed by atoms with Gasteiger partial charge in [-0.25, -0.2) is 19.7 Å². The Kier molecular flexibility index (Phi) is 7.17. The largest absolute Gasteiger partial charge is 0.493 e. The molecule has 6 rings (SSSR count). The molecule has 0 saturated heterocycles. The predicted octanol–water partition coefficient (Wildman–Crippen LogP) is 4.46. The van der Waals surface area contributed by atoms with Gasteiger partial charge in [0.2, 0.25) is 12.5 Å². The minimum Gasteiger partial charge on any atom is -0.493 e. The van der Waals surface area contributed by atoms with Crippen molar-refractivity contribution in [3.05, 3.63) is 60.3 Å². The van der Waals surface area contributed by atoms with Crippen molar-refractivity contribution in [3.63, 3.8) is 0 Å². The van der Waals surface area contributed by atoms with Gasteiger partial charge in [-0.3, -0.25) is 4.79 Å². The SMILES string of the molecule is COc1cc(-c2c(C(=O)OCCCn3cnc4cncnc43)c(C=O)cc3cc4c(cc23)OCO4)cc(OC)c1OC. The highest BCUT2D eigenvalue weighted by Gasteiger charge is 2.27. The van der Waals surface area contributed by atoms with E-state index in [9.17, 15) is 9.59 Å². The number of nitrogens with zero attached hydrogens (tertiary/aromatic N) is 4. The fourth-order valence-corrected chi connectivity index (χ4v) is 5.10. The maximum Gasteiger partial charge on any atom is 0.339 e. The van der Waals surface area contributed by atoms with E-state index in [1.807, 2.05) is 4.57 Å². The van der Waals surface area contributed by atoms with Gasteiger partial charge in [0.25, 0.3) is 0 Å². The van der Waals surface area contributed by atoms with Gasteiger partial charge >= 0.3 is 5.97 Å². The number of aromatic nitrogens is 4. The van der Waals surface area contributed by atoms with Crippen LogP contribution in [0.4, 0.5) is 0 Å². The van der Waals surface area contributed by atoms with Crippen LogP contribution in [0.1, 0.15) is 27.1 Å². The number of methoxy groups -OCH3 is 3. The Hall–Kier alpha value is -5.39. The standard InChI is InChI=1S/C30H26N4O8/c1-37-24-9-18(10-25(38-2)28(24)39-3)26-20-11-23-22(41-16-42-23)8-17(20)7-19(13-35)27(26)30(36)40-6-4-5-34-15-33-21-12-31-14-32-29(21)34/h7-15H,4-6,16H2,1-3H3. The molecule has 3 aromatic carbocycles. The molecule has 0 atom stereocenters. The Bertz CT molecular complexity index is 1810. The van der Waals surface area contributed by atoms with Gasteiger partial charge in [-0.05, 0) is 53.1 Å². The lowest BCUT2D eigenvalue weighted by Crippen LogP contribution is -2.13. The first-order chi connectivity index (χ1) is 20.6. The van der Waals surface area contributed by atoms with E-state index in [2.05, 4.69) is 15.0 Å². The molecule has 3 heterocycles. The minimum atomic E-state index is -0.654. The maximum atomic E-state index is 13.7. The summed E-state index contributed by atoms with van der Waals surface area (Å²) in [6, 6.07) is 8.64.